The fourth-order valence-electron chi connectivity index (χ4n) is 4.32. The van der Waals surface area contributed by atoms with E-state index in [-0.39, 0.29) is 0 Å². The Morgan fingerprint density at radius 3 is 2.81 bits per heavy atom. The molecule has 118 valence electrons. The number of hydrogen-bond donors (Lipinski definition) is 1. The SMILES string of the molecule is CCCNCc1ccc(CN(C)CC2CC3CCC2C3)o1. The van der Waals surface area contributed by atoms with Gasteiger partial charge in [-0.25, -0.2) is 0 Å². The van der Waals surface area contributed by atoms with Gasteiger partial charge in [0.25, 0.3) is 0 Å². The summed E-state index contributed by atoms with van der Waals surface area (Å²) in [6, 6.07) is 4.25. The van der Waals surface area contributed by atoms with E-state index in [1.807, 2.05) is 0 Å². The first kappa shape index (κ1) is 15.1. The van der Waals surface area contributed by atoms with Crippen molar-refractivity contribution in [2.75, 3.05) is 20.1 Å². The maximum atomic E-state index is 5.92. The molecule has 0 radical (unpaired) electrons. The number of furan rings is 1. The molecular formula is C18H30N2O. The van der Waals surface area contributed by atoms with Crippen LogP contribution in [-0.2, 0) is 13.1 Å². The lowest BCUT2D eigenvalue weighted by Crippen LogP contribution is -2.28. The van der Waals surface area contributed by atoms with E-state index in [1.165, 1.54) is 38.6 Å². The maximum Gasteiger partial charge on any atom is 0.118 e. The van der Waals surface area contributed by atoms with Crippen LogP contribution < -0.4 is 5.32 Å². The Bertz CT molecular complexity index is 442. The van der Waals surface area contributed by atoms with E-state index in [1.54, 1.807) is 0 Å². The summed E-state index contributed by atoms with van der Waals surface area (Å²) in [5.74, 6) is 5.17. The van der Waals surface area contributed by atoms with Crippen molar-refractivity contribution in [2.24, 2.45) is 17.8 Å². The molecule has 1 N–H and O–H groups in total. The summed E-state index contributed by atoms with van der Waals surface area (Å²) >= 11 is 0. The average molecular weight is 290 g/mol. The third-order valence-corrected chi connectivity index (χ3v) is 5.30. The Hall–Kier alpha value is -0.800. The predicted molar refractivity (Wildman–Crippen MR) is 86.0 cm³/mol. The largest absolute Gasteiger partial charge is 0.463 e. The molecule has 2 saturated carbocycles. The van der Waals surface area contributed by atoms with Gasteiger partial charge in [0.05, 0.1) is 13.1 Å². The van der Waals surface area contributed by atoms with Gasteiger partial charge in [0.15, 0.2) is 0 Å². The summed E-state index contributed by atoms with van der Waals surface area (Å²) in [5, 5.41) is 3.39. The lowest BCUT2D eigenvalue weighted by Gasteiger charge is -2.26. The second-order valence-electron chi connectivity index (χ2n) is 7.18. The monoisotopic (exact) mass is 290 g/mol. The average Bonchev–Trinajstić information content (AvgIpc) is 3.16. The predicted octanol–water partition coefficient (Wildman–Crippen LogP) is 3.65. The van der Waals surface area contributed by atoms with Gasteiger partial charge in [0.1, 0.15) is 11.5 Å². The van der Waals surface area contributed by atoms with Gasteiger partial charge in [0.2, 0.25) is 0 Å². The van der Waals surface area contributed by atoms with Crippen LogP contribution in [0.4, 0.5) is 0 Å². The molecule has 3 heteroatoms. The highest BCUT2D eigenvalue weighted by Crippen LogP contribution is 2.48. The molecule has 0 amide bonds. The molecule has 1 aromatic rings. The van der Waals surface area contributed by atoms with Gasteiger partial charge in [0, 0.05) is 6.54 Å². The van der Waals surface area contributed by atoms with Crippen LogP contribution >= 0.6 is 0 Å². The van der Waals surface area contributed by atoms with Crippen LogP contribution in [0.15, 0.2) is 16.5 Å². The van der Waals surface area contributed by atoms with Crippen molar-refractivity contribution in [3.8, 4) is 0 Å². The molecule has 3 unspecified atom stereocenters. The molecule has 1 heterocycles. The van der Waals surface area contributed by atoms with Crippen molar-refractivity contribution >= 4 is 0 Å². The van der Waals surface area contributed by atoms with Crippen LogP contribution in [0.25, 0.3) is 0 Å². The van der Waals surface area contributed by atoms with Gasteiger partial charge in [-0.2, -0.15) is 0 Å². The lowest BCUT2D eigenvalue weighted by molar-refractivity contribution is 0.203. The highest BCUT2D eigenvalue weighted by atomic mass is 16.3. The molecule has 0 aromatic carbocycles. The summed E-state index contributed by atoms with van der Waals surface area (Å²) in [6.45, 7) is 6.28. The maximum absolute atomic E-state index is 5.92. The van der Waals surface area contributed by atoms with Crippen molar-refractivity contribution in [2.45, 2.75) is 52.1 Å². The molecule has 3 atom stereocenters. The number of nitrogens with zero attached hydrogens (tertiary/aromatic N) is 1. The van der Waals surface area contributed by atoms with E-state index in [2.05, 4.69) is 36.3 Å². The van der Waals surface area contributed by atoms with Crippen molar-refractivity contribution < 1.29 is 4.42 Å². The van der Waals surface area contributed by atoms with Gasteiger partial charge in [-0.1, -0.05) is 13.3 Å². The highest BCUT2D eigenvalue weighted by molar-refractivity contribution is 5.07. The first-order chi connectivity index (χ1) is 10.2. The van der Waals surface area contributed by atoms with Crippen LogP contribution in [-0.4, -0.2) is 25.0 Å². The molecule has 2 fully saturated rings. The van der Waals surface area contributed by atoms with E-state index in [0.717, 1.165) is 48.9 Å². The molecule has 2 aliphatic rings. The minimum absolute atomic E-state index is 0.851. The Labute approximate surface area is 129 Å². The van der Waals surface area contributed by atoms with Crippen LogP contribution in [0.1, 0.15) is 50.5 Å². The summed E-state index contributed by atoms with van der Waals surface area (Å²) in [6.07, 6.45) is 7.13. The molecule has 0 spiro atoms. The van der Waals surface area contributed by atoms with Gasteiger partial charge < -0.3 is 9.73 Å². The minimum Gasteiger partial charge on any atom is -0.463 e. The highest BCUT2D eigenvalue weighted by Gasteiger charge is 2.39. The second kappa shape index (κ2) is 6.97. The first-order valence-corrected chi connectivity index (χ1v) is 8.71. The van der Waals surface area contributed by atoms with Crippen molar-refractivity contribution in [3.63, 3.8) is 0 Å². The number of hydrogen-bond acceptors (Lipinski definition) is 3. The molecule has 2 bridgehead atoms. The molecule has 3 rings (SSSR count). The van der Waals surface area contributed by atoms with Crippen molar-refractivity contribution in [1.82, 2.24) is 10.2 Å². The number of nitrogens with one attached hydrogen (secondary N) is 1. The molecule has 1 aromatic heterocycles. The summed E-state index contributed by atoms with van der Waals surface area (Å²) < 4.78 is 5.92. The molecule has 3 nitrogen and oxygen atoms in total. The van der Waals surface area contributed by atoms with Gasteiger partial charge >= 0.3 is 0 Å². The second-order valence-corrected chi connectivity index (χ2v) is 7.18. The quantitative estimate of drug-likeness (QED) is 0.741. The van der Waals surface area contributed by atoms with Crippen LogP contribution in [0.2, 0.25) is 0 Å². The smallest absolute Gasteiger partial charge is 0.118 e. The number of rotatable bonds is 8. The Morgan fingerprint density at radius 1 is 1.24 bits per heavy atom. The summed E-state index contributed by atoms with van der Waals surface area (Å²) in [5.41, 5.74) is 0. The summed E-state index contributed by atoms with van der Waals surface area (Å²) in [4.78, 5) is 2.45. The van der Waals surface area contributed by atoms with Crippen molar-refractivity contribution in [1.29, 1.82) is 0 Å². The van der Waals surface area contributed by atoms with E-state index >= 15 is 0 Å². The van der Waals surface area contributed by atoms with E-state index in [0.29, 0.717) is 0 Å². The zero-order valence-corrected chi connectivity index (χ0v) is 13.6. The molecule has 0 saturated heterocycles. The van der Waals surface area contributed by atoms with Gasteiger partial charge in [-0.05, 0) is 69.2 Å². The third kappa shape index (κ3) is 3.89. The van der Waals surface area contributed by atoms with Crippen LogP contribution in [0.5, 0.6) is 0 Å². The zero-order valence-electron chi connectivity index (χ0n) is 13.6. The third-order valence-electron chi connectivity index (χ3n) is 5.30. The number of fused-ring (bicyclic) bond motifs is 2. The molecule has 2 aliphatic carbocycles. The fraction of sp³-hybridized carbons (Fsp3) is 0.778. The Kier molecular flexibility index (Phi) is 5.02. The molecular weight excluding hydrogens is 260 g/mol. The zero-order chi connectivity index (χ0) is 14.7. The lowest BCUT2D eigenvalue weighted by atomic mass is 9.88. The Balaban J connectivity index is 1.43. The Morgan fingerprint density at radius 2 is 2.10 bits per heavy atom. The van der Waals surface area contributed by atoms with Crippen LogP contribution in [0, 0.1) is 17.8 Å². The minimum atomic E-state index is 0.851. The van der Waals surface area contributed by atoms with Crippen molar-refractivity contribution in [3.05, 3.63) is 23.7 Å². The van der Waals surface area contributed by atoms with Gasteiger partial charge in [-0.3, -0.25) is 4.90 Å². The molecule has 0 aliphatic heterocycles. The fourth-order valence-corrected chi connectivity index (χ4v) is 4.32. The molecule has 21 heavy (non-hydrogen) atoms. The van der Waals surface area contributed by atoms with E-state index in [4.69, 9.17) is 4.42 Å². The van der Waals surface area contributed by atoms with Crippen LogP contribution in [0.3, 0.4) is 0 Å². The standard InChI is InChI=1S/C18H30N2O/c1-3-8-19-11-17-6-7-18(21-17)13-20(2)12-16-10-14-4-5-15(16)9-14/h6-7,14-16,19H,3-5,8-13H2,1-2H3. The van der Waals surface area contributed by atoms with E-state index < -0.39 is 0 Å². The van der Waals surface area contributed by atoms with E-state index in [9.17, 15) is 0 Å². The first-order valence-electron chi connectivity index (χ1n) is 8.71. The topological polar surface area (TPSA) is 28.4 Å². The summed E-state index contributed by atoms with van der Waals surface area (Å²) in [7, 11) is 2.24. The van der Waals surface area contributed by atoms with Gasteiger partial charge in [-0.15, -0.1) is 0 Å². The normalized spacial score (nSPS) is 27.9.